The lowest BCUT2D eigenvalue weighted by molar-refractivity contribution is 0.408. The molecule has 2 saturated heterocycles. The Kier molecular flexibility index (Phi) is 5.24. The second-order valence-electron chi connectivity index (χ2n) is 6.71. The fourth-order valence-corrected chi connectivity index (χ4v) is 5.14. The molecule has 1 aromatic rings. The van der Waals surface area contributed by atoms with E-state index in [2.05, 4.69) is 28.7 Å². The SMILES string of the molecule is C[C@@H]1C[C@@H](NS(=O)(=O)N2CCCCCC2)CN1c1ccccc1. The van der Waals surface area contributed by atoms with E-state index in [1.807, 2.05) is 18.2 Å². The summed E-state index contributed by atoms with van der Waals surface area (Å²) in [6.45, 7) is 4.20. The number of nitrogens with zero attached hydrogens (tertiary/aromatic N) is 2. The summed E-state index contributed by atoms with van der Waals surface area (Å²) in [4.78, 5) is 2.29. The van der Waals surface area contributed by atoms with Gasteiger partial charge in [0.15, 0.2) is 0 Å². The molecule has 0 spiro atoms. The van der Waals surface area contributed by atoms with Crippen molar-refractivity contribution < 1.29 is 8.42 Å². The van der Waals surface area contributed by atoms with E-state index in [4.69, 9.17) is 0 Å². The van der Waals surface area contributed by atoms with Gasteiger partial charge in [0.1, 0.15) is 0 Å². The van der Waals surface area contributed by atoms with Gasteiger partial charge in [-0.3, -0.25) is 0 Å². The lowest BCUT2D eigenvalue weighted by atomic mass is 10.2. The van der Waals surface area contributed by atoms with Crippen LogP contribution in [0.25, 0.3) is 0 Å². The van der Waals surface area contributed by atoms with Crippen LogP contribution in [0.4, 0.5) is 5.69 Å². The molecule has 2 atom stereocenters. The maximum atomic E-state index is 12.6. The van der Waals surface area contributed by atoms with Crippen LogP contribution in [-0.4, -0.2) is 44.4 Å². The molecule has 0 aromatic heterocycles. The smallest absolute Gasteiger partial charge is 0.279 e. The Balaban J connectivity index is 1.64. The van der Waals surface area contributed by atoms with E-state index < -0.39 is 10.2 Å². The first-order valence-electron chi connectivity index (χ1n) is 8.65. The normalized spacial score (nSPS) is 27.1. The molecule has 0 radical (unpaired) electrons. The summed E-state index contributed by atoms with van der Waals surface area (Å²) in [5.41, 5.74) is 1.16. The van der Waals surface area contributed by atoms with Gasteiger partial charge in [-0.15, -0.1) is 0 Å². The van der Waals surface area contributed by atoms with E-state index in [-0.39, 0.29) is 6.04 Å². The Morgan fingerprint density at radius 2 is 1.70 bits per heavy atom. The monoisotopic (exact) mass is 337 g/mol. The van der Waals surface area contributed by atoms with Crippen molar-refractivity contribution in [2.24, 2.45) is 0 Å². The molecule has 6 heteroatoms. The summed E-state index contributed by atoms with van der Waals surface area (Å²) in [5.74, 6) is 0. The molecule has 3 rings (SSSR count). The van der Waals surface area contributed by atoms with Gasteiger partial charge >= 0.3 is 0 Å². The Morgan fingerprint density at radius 3 is 2.35 bits per heavy atom. The number of nitrogens with one attached hydrogen (secondary N) is 1. The topological polar surface area (TPSA) is 52.7 Å². The molecule has 0 unspecified atom stereocenters. The largest absolute Gasteiger partial charge is 0.367 e. The van der Waals surface area contributed by atoms with Crippen molar-refractivity contribution in [2.75, 3.05) is 24.5 Å². The average Bonchev–Trinajstić information content (AvgIpc) is 2.75. The van der Waals surface area contributed by atoms with Crippen LogP contribution >= 0.6 is 0 Å². The van der Waals surface area contributed by atoms with Crippen molar-refractivity contribution in [2.45, 2.75) is 51.1 Å². The summed E-state index contributed by atoms with van der Waals surface area (Å²) in [6.07, 6.45) is 5.06. The van der Waals surface area contributed by atoms with Crippen LogP contribution in [0, 0.1) is 0 Å². The third kappa shape index (κ3) is 4.05. The quantitative estimate of drug-likeness (QED) is 0.918. The molecule has 128 valence electrons. The number of benzene rings is 1. The zero-order chi connectivity index (χ0) is 16.3. The van der Waals surface area contributed by atoms with E-state index in [0.717, 1.165) is 44.3 Å². The van der Waals surface area contributed by atoms with Gasteiger partial charge in [-0.25, -0.2) is 0 Å². The fraction of sp³-hybridized carbons (Fsp3) is 0.647. The molecule has 0 aliphatic carbocycles. The number of hydrogen-bond acceptors (Lipinski definition) is 3. The zero-order valence-electron chi connectivity index (χ0n) is 13.8. The van der Waals surface area contributed by atoms with Crippen LogP contribution in [0.5, 0.6) is 0 Å². The van der Waals surface area contributed by atoms with Gasteiger partial charge < -0.3 is 4.90 Å². The average molecular weight is 337 g/mol. The van der Waals surface area contributed by atoms with Gasteiger partial charge in [0.25, 0.3) is 10.2 Å². The van der Waals surface area contributed by atoms with E-state index in [1.54, 1.807) is 4.31 Å². The lowest BCUT2D eigenvalue weighted by Gasteiger charge is -2.24. The molecule has 2 aliphatic heterocycles. The number of rotatable bonds is 4. The van der Waals surface area contributed by atoms with Crippen molar-refractivity contribution in [3.63, 3.8) is 0 Å². The van der Waals surface area contributed by atoms with Crippen molar-refractivity contribution in [3.05, 3.63) is 30.3 Å². The van der Waals surface area contributed by atoms with Gasteiger partial charge in [-0.1, -0.05) is 31.0 Å². The lowest BCUT2D eigenvalue weighted by Crippen LogP contribution is -2.46. The number of para-hydroxylation sites is 1. The Bertz CT molecular complexity index is 598. The van der Waals surface area contributed by atoms with Crippen LogP contribution in [0.15, 0.2) is 30.3 Å². The van der Waals surface area contributed by atoms with Crippen molar-refractivity contribution in [1.82, 2.24) is 9.03 Å². The van der Waals surface area contributed by atoms with E-state index in [9.17, 15) is 8.42 Å². The summed E-state index contributed by atoms with van der Waals surface area (Å²) >= 11 is 0. The number of anilines is 1. The second kappa shape index (κ2) is 7.20. The molecule has 23 heavy (non-hydrogen) atoms. The number of hydrogen-bond donors (Lipinski definition) is 1. The summed E-state index contributed by atoms with van der Waals surface area (Å²) in [5, 5.41) is 0. The predicted octanol–water partition coefficient (Wildman–Crippen LogP) is 2.36. The molecule has 0 saturated carbocycles. The molecule has 2 heterocycles. The van der Waals surface area contributed by atoms with Gasteiger partial charge in [0, 0.05) is 37.4 Å². The molecule has 1 aromatic carbocycles. The second-order valence-corrected chi connectivity index (χ2v) is 8.41. The van der Waals surface area contributed by atoms with Gasteiger partial charge in [-0.2, -0.15) is 17.4 Å². The van der Waals surface area contributed by atoms with Crippen molar-refractivity contribution in [3.8, 4) is 0 Å². The van der Waals surface area contributed by atoms with Crippen LogP contribution in [0.2, 0.25) is 0 Å². The molecular formula is C17H27N3O2S. The molecule has 5 nitrogen and oxygen atoms in total. The van der Waals surface area contributed by atoms with E-state index >= 15 is 0 Å². The highest BCUT2D eigenvalue weighted by Gasteiger charge is 2.33. The van der Waals surface area contributed by atoms with Crippen LogP contribution in [0.3, 0.4) is 0 Å². The summed E-state index contributed by atoms with van der Waals surface area (Å²) in [6, 6.07) is 10.6. The van der Waals surface area contributed by atoms with Crippen LogP contribution in [-0.2, 0) is 10.2 Å². The highest BCUT2D eigenvalue weighted by atomic mass is 32.2. The highest BCUT2D eigenvalue weighted by molar-refractivity contribution is 7.87. The molecule has 0 amide bonds. The first-order valence-corrected chi connectivity index (χ1v) is 10.1. The summed E-state index contributed by atoms with van der Waals surface area (Å²) in [7, 11) is -3.36. The minimum absolute atomic E-state index is 0.0153. The van der Waals surface area contributed by atoms with Crippen molar-refractivity contribution in [1.29, 1.82) is 0 Å². The van der Waals surface area contributed by atoms with Gasteiger partial charge in [0.05, 0.1) is 0 Å². The highest BCUT2D eigenvalue weighted by Crippen LogP contribution is 2.26. The summed E-state index contributed by atoms with van der Waals surface area (Å²) < 4.78 is 29.9. The molecule has 2 fully saturated rings. The first-order chi connectivity index (χ1) is 11.1. The maximum Gasteiger partial charge on any atom is 0.279 e. The first kappa shape index (κ1) is 16.7. The fourth-order valence-electron chi connectivity index (χ4n) is 3.66. The Hall–Kier alpha value is -1.11. The molecule has 1 N–H and O–H groups in total. The Labute approximate surface area is 139 Å². The predicted molar refractivity (Wildman–Crippen MR) is 93.8 cm³/mol. The maximum absolute atomic E-state index is 12.6. The molecule has 2 aliphatic rings. The Morgan fingerprint density at radius 1 is 1.04 bits per heavy atom. The molecular weight excluding hydrogens is 310 g/mol. The van der Waals surface area contributed by atoms with Gasteiger partial charge in [0.2, 0.25) is 0 Å². The van der Waals surface area contributed by atoms with E-state index in [1.165, 1.54) is 0 Å². The third-order valence-electron chi connectivity index (χ3n) is 4.88. The van der Waals surface area contributed by atoms with E-state index in [0.29, 0.717) is 19.1 Å². The standard InChI is InChI=1S/C17H27N3O2S/c1-15-13-16(14-20(15)17-9-5-4-6-10-17)18-23(21,22)19-11-7-2-3-8-12-19/h4-6,9-10,15-16,18H,2-3,7-8,11-14H2,1H3/t15-,16-/m1/s1. The van der Waals surface area contributed by atoms with Crippen LogP contribution in [0.1, 0.15) is 39.0 Å². The minimum atomic E-state index is -3.36. The van der Waals surface area contributed by atoms with Crippen LogP contribution < -0.4 is 9.62 Å². The third-order valence-corrected chi connectivity index (χ3v) is 6.56. The zero-order valence-corrected chi connectivity index (χ0v) is 14.6. The molecule has 0 bridgehead atoms. The van der Waals surface area contributed by atoms with Crippen molar-refractivity contribution >= 4 is 15.9 Å². The minimum Gasteiger partial charge on any atom is -0.367 e. The van der Waals surface area contributed by atoms with Gasteiger partial charge in [-0.05, 0) is 38.3 Å².